The molecule has 0 fully saturated rings. The van der Waals surface area contributed by atoms with Crippen molar-refractivity contribution in [2.75, 3.05) is 7.11 Å². The molecule has 184 valence electrons. The van der Waals surface area contributed by atoms with Gasteiger partial charge in [0.25, 0.3) is 8.32 Å². The molecule has 0 aromatic heterocycles. The van der Waals surface area contributed by atoms with Crippen LogP contribution < -0.4 is 4.43 Å². The highest BCUT2D eigenvalue weighted by molar-refractivity contribution is 6.78. The maximum atomic E-state index is 12.7. The molecule has 0 aliphatic carbocycles. The van der Waals surface area contributed by atoms with E-state index in [1.54, 1.807) is 6.08 Å². The van der Waals surface area contributed by atoms with E-state index in [2.05, 4.69) is 41.5 Å². The highest BCUT2D eigenvalue weighted by Crippen LogP contribution is 2.42. The van der Waals surface area contributed by atoms with E-state index in [9.17, 15) is 9.59 Å². The zero-order valence-corrected chi connectivity index (χ0v) is 22.5. The summed E-state index contributed by atoms with van der Waals surface area (Å²) >= 11 is 0. The van der Waals surface area contributed by atoms with Crippen LogP contribution in [0, 0.1) is 0 Å². The molecule has 0 heterocycles. The lowest BCUT2D eigenvalue weighted by Crippen LogP contribution is -2.50. The smallest absolute Gasteiger partial charge is 0.334 e. The van der Waals surface area contributed by atoms with Gasteiger partial charge in [0.1, 0.15) is 12.4 Å². The zero-order valence-electron chi connectivity index (χ0n) is 21.5. The fourth-order valence-corrected chi connectivity index (χ4v) is 9.87. The summed E-state index contributed by atoms with van der Waals surface area (Å²) in [5.41, 5.74) is 3.32. The number of carbonyl (C=O) groups is 2. The van der Waals surface area contributed by atoms with E-state index in [-0.39, 0.29) is 18.6 Å². The number of methoxy groups -OCH3 is 1. The van der Waals surface area contributed by atoms with Crippen molar-refractivity contribution in [1.82, 2.24) is 0 Å². The standard InChI is InChI=1S/C28H38O5Si/c1-20(2)34(21(3)4,22(5)6)33-26-15-13-23(14-16-26)17-25(18-27(29)31-7)28(30)32-19-24-11-9-8-10-12-24/h8-17,20-22H,18-19H2,1-7H3/b25-17+. The molecule has 0 saturated heterocycles. The van der Waals surface area contributed by atoms with E-state index >= 15 is 0 Å². The number of ether oxygens (including phenoxy) is 2. The molecule has 0 N–H and O–H groups in total. The highest BCUT2D eigenvalue weighted by Gasteiger charge is 2.46. The van der Waals surface area contributed by atoms with Crippen molar-refractivity contribution in [3.63, 3.8) is 0 Å². The van der Waals surface area contributed by atoms with Crippen LogP contribution in [0.1, 0.15) is 59.1 Å². The second kappa shape index (κ2) is 12.6. The first kappa shape index (κ1) is 27.4. The van der Waals surface area contributed by atoms with Crippen LogP contribution in [0.2, 0.25) is 16.6 Å². The Morgan fingerprint density at radius 3 is 1.91 bits per heavy atom. The third-order valence-electron chi connectivity index (χ3n) is 6.26. The Labute approximate surface area is 205 Å². The fraction of sp³-hybridized carbons (Fsp3) is 0.429. The molecule has 5 nitrogen and oxygen atoms in total. The van der Waals surface area contributed by atoms with Gasteiger partial charge < -0.3 is 13.9 Å². The van der Waals surface area contributed by atoms with E-state index in [1.165, 1.54) is 7.11 Å². The van der Waals surface area contributed by atoms with Gasteiger partial charge in [-0.15, -0.1) is 0 Å². The van der Waals surface area contributed by atoms with Crippen molar-refractivity contribution in [3.05, 3.63) is 71.3 Å². The highest BCUT2D eigenvalue weighted by atomic mass is 28.4. The first-order valence-electron chi connectivity index (χ1n) is 11.9. The second-order valence-corrected chi connectivity index (χ2v) is 14.8. The minimum Gasteiger partial charge on any atom is -0.543 e. The van der Waals surface area contributed by atoms with Crippen LogP contribution >= 0.6 is 0 Å². The molecule has 0 bridgehead atoms. The molecule has 0 atom stereocenters. The molecule has 2 aromatic rings. The molecular formula is C28H38O5Si. The summed E-state index contributed by atoms with van der Waals surface area (Å²) in [6.07, 6.45) is 1.51. The van der Waals surface area contributed by atoms with Crippen LogP contribution in [-0.2, 0) is 25.7 Å². The lowest BCUT2D eigenvalue weighted by atomic mass is 10.1. The summed E-state index contributed by atoms with van der Waals surface area (Å²) in [5.74, 6) is -0.203. The van der Waals surface area contributed by atoms with Crippen molar-refractivity contribution < 1.29 is 23.5 Å². The number of hydrogen-bond acceptors (Lipinski definition) is 5. The van der Waals surface area contributed by atoms with Gasteiger partial charge in [0, 0.05) is 5.57 Å². The monoisotopic (exact) mass is 482 g/mol. The van der Waals surface area contributed by atoms with Crippen molar-refractivity contribution in [2.24, 2.45) is 0 Å². The number of esters is 2. The van der Waals surface area contributed by atoms with Crippen LogP contribution in [0.15, 0.2) is 60.2 Å². The second-order valence-electron chi connectivity index (χ2n) is 9.47. The van der Waals surface area contributed by atoms with Crippen molar-refractivity contribution >= 4 is 26.3 Å². The zero-order chi connectivity index (χ0) is 25.3. The molecule has 0 radical (unpaired) electrons. The average Bonchev–Trinajstić information content (AvgIpc) is 2.81. The fourth-order valence-electron chi connectivity index (χ4n) is 4.62. The van der Waals surface area contributed by atoms with Gasteiger partial charge in [0.05, 0.1) is 13.5 Å². The number of carbonyl (C=O) groups excluding carboxylic acids is 2. The largest absolute Gasteiger partial charge is 0.543 e. The Morgan fingerprint density at radius 2 is 1.41 bits per heavy atom. The summed E-state index contributed by atoms with van der Waals surface area (Å²) < 4.78 is 16.9. The Kier molecular flexibility index (Phi) is 10.1. The topological polar surface area (TPSA) is 61.8 Å². The quantitative estimate of drug-likeness (QED) is 0.197. The van der Waals surface area contributed by atoms with Crippen molar-refractivity contribution in [2.45, 2.75) is 71.2 Å². The van der Waals surface area contributed by atoms with E-state index in [1.807, 2.05) is 54.6 Å². The van der Waals surface area contributed by atoms with Crippen molar-refractivity contribution in [1.29, 1.82) is 0 Å². The van der Waals surface area contributed by atoms with E-state index < -0.39 is 20.3 Å². The van der Waals surface area contributed by atoms with Gasteiger partial charge in [-0.1, -0.05) is 84.0 Å². The lowest BCUT2D eigenvalue weighted by Gasteiger charge is -2.42. The van der Waals surface area contributed by atoms with Crippen molar-refractivity contribution in [3.8, 4) is 5.75 Å². The van der Waals surface area contributed by atoms with E-state index in [0.717, 1.165) is 16.9 Å². The van der Waals surface area contributed by atoms with Crippen LogP contribution in [0.5, 0.6) is 5.75 Å². The van der Waals surface area contributed by atoms with Crippen LogP contribution in [0.25, 0.3) is 6.08 Å². The normalized spacial score (nSPS) is 12.2. The van der Waals surface area contributed by atoms with Gasteiger partial charge in [-0.25, -0.2) is 4.79 Å². The molecule has 2 aromatic carbocycles. The van der Waals surface area contributed by atoms with Gasteiger partial charge in [-0.3, -0.25) is 4.79 Å². The molecule has 0 aliphatic heterocycles. The van der Waals surface area contributed by atoms with Gasteiger partial charge in [-0.05, 0) is 46.0 Å². The first-order chi connectivity index (χ1) is 16.1. The summed E-state index contributed by atoms with van der Waals surface area (Å²) in [7, 11) is -0.755. The van der Waals surface area contributed by atoms with Gasteiger partial charge in [-0.2, -0.15) is 0 Å². The average molecular weight is 483 g/mol. The van der Waals surface area contributed by atoms with E-state index in [0.29, 0.717) is 16.6 Å². The molecular weight excluding hydrogens is 444 g/mol. The molecule has 2 rings (SSSR count). The third kappa shape index (κ3) is 7.07. The molecule has 0 spiro atoms. The van der Waals surface area contributed by atoms with Gasteiger partial charge in [0.2, 0.25) is 0 Å². The van der Waals surface area contributed by atoms with Gasteiger partial charge >= 0.3 is 11.9 Å². The predicted octanol–water partition coefficient (Wildman–Crippen LogP) is 6.93. The van der Waals surface area contributed by atoms with E-state index in [4.69, 9.17) is 13.9 Å². The van der Waals surface area contributed by atoms with Gasteiger partial charge in [0.15, 0.2) is 0 Å². The maximum absolute atomic E-state index is 12.7. The summed E-state index contributed by atoms with van der Waals surface area (Å²) in [4.78, 5) is 24.6. The first-order valence-corrected chi connectivity index (χ1v) is 14.0. The molecule has 0 saturated carbocycles. The molecule has 0 aliphatic rings. The Balaban J connectivity index is 2.24. The minimum atomic E-state index is -2.06. The maximum Gasteiger partial charge on any atom is 0.334 e. The summed E-state index contributed by atoms with van der Waals surface area (Å²) in [6.45, 7) is 13.7. The Bertz CT molecular complexity index is 940. The van der Waals surface area contributed by atoms with Crippen LogP contribution in [0.4, 0.5) is 0 Å². The van der Waals surface area contributed by atoms with Crippen LogP contribution in [-0.4, -0.2) is 27.4 Å². The number of benzene rings is 2. The van der Waals surface area contributed by atoms with Crippen LogP contribution in [0.3, 0.4) is 0 Å². The lowest BCUT2D eigenvalue weighted by molar-refractivity contribution is -0.145. The predicted molar refractivity (Wildman–Crippen MR) is 139 cm³/mol. The molecule has 0 amide bonds. The third-order valence-corrected chi connectivity index (χ3v) is 12.3. The minimum absolute atomic E-state index is 0.136. The summed E-state index contributed by atoms with van der Waals surface area (Å²) in [5, 5.41) is 0. The Hall–Kier alpha value is -2.86. The molecule has 0 unspecified atom stereocenters. The summed E-state index contributed by atoms with van der Waals surface area (Å²) in [6, 6.07) is 17.1. The number of hydrogen-bond donors (Lipinski definition) is 0. The molecule has 34 heavy (non-hydrogen) atoms. The molecule has 6 heteroatoms. The SMILES string of the molecule is COC(=O)C/C(=C\c1ccc(O[Si](C(C)C)(C(C)C)C(C)C)cc1)C(=O)OCc1ccccc1. The number of rotatable bonds is 11. The Morgan fingerprint density at radius 1 is 0.853 bits per heavy atom.